The highest BCUT2D eigenvalue weighted by molar-refractivity contribution is 6.64. The van der Waals surface area contributed by atoms with Crippen LogP contribution in [-0.4, -0.2) is 82.6 Å². The van der Waals surface area contributed by atoms with Gasteiger partial charge in [-0.1, -0.05) is 18.1 Å². The predicted molar refractivity (Wildman–Crippen MR) is 130 cm³/mol. The zero-order chi connectivity index (χ0) is 25.9. The summed E-state index contributed by atoms with van der Waals surface area (Å²) < 4.78 is 53.2. The molecule has 0 bridgehead atoms. The molecule has 2 aromatic rings. The molecule has 0 atom stereocenters. The molecule has 1 saturated heterocycles. The van der Waals surface area contributed by atoms with Crippen molar-refractivity contribution in [3.8, 4) is 5.75 Å². The van der Waals surface area contributed by atoms with Gasteiger partial charge in [-0.2, -0.15) is 18.3 Å². The number of amides is 1. The van der Waals surface area contributed by atoms with Gasteiger partial charge in [-0.25, -0.2) is 10.1 Å². The number of aromatic amines is 1. The van der Waals surface area contributed by atoms with Gasteiger partial charge >= 0.3 is 6.18 Å². The number of ether oxygens (including phenoxy) is 2. The zero-order valence-electron chi connectivity index (χ0n) is 19.3. The summed E-state index contributed by atoms with van der Waals surface area (Å²) in [5, 5.41) is 5.75. The lowest BCUT2D eigenvalue weighted by Crippen LogP contribution is -2.58. The number of alkyl halides is 3. The maximum absolute atomic E-state index is 13.2. The number of anilines is 2. The number of aromatic nitrogens is 3. The van der Waals surface area contributed by atoms with Crippen molar-refractivity contribution in [2.45, 2.75) is 25.2 Å². The SMILES string of the molecule is C[Si](COCCC(=O)N1CCN2c3ncc(Cl)cc3OCC[Si]2C1)Nc1cn[nH]c(=O)c1C(F)(F)F. The smallest absolute Gasteiger partial charge is 0.423 e. The Balaban J connectivity index is 1.24. The summed E-state index contributed by atoms with van der Waals surface area (Å²) in [7, 11) is -2.74. The number of rotatable bonds is 7. The van der Waals surface area contributed by atoms with E-state index in [0.717, 1.165) is 18.1 Å². The zero-order valence-corrected chi connectivity index (χ0v) is 22.1. The summed E-state index contributed by atoms with van der Waals surface area (Å²) >= 11 is 6.04. The van der Waals surface area contributed by atoms with Gasteiger partial charge in [-0.3, -0.25) is 9.59 Å². The van der Waals surface area contributed by atoms with E-state index < -0.39 is 35.2 Å². The van der Waals surface area contributed by atoms with Gasteiger partial charge in [0, 0.05) is 31.5 Å². The largest absolute Gasteiger partial charge is 0.490 e. The molecule has 2 N–H and O–H groups in total. The molecule has 194 valence electrons. The molecule has 4 rings (SSSR count). The molecule has 36 heavy (non-hydrogen) atoms. The normalized spacial score (nSPS) is 16.3. The van der Waals surface area contributed by atoms with Gasteiger partial charge in [-0.05, 0) is 6.04 Å². The Labute approximate surface area is 213 Å². The minimum Gasteiger partial charge on any atom is -0.490 e. The van der Waals surface area contributed by atoms with E-state index in [-0.39, 0.29) is 30.9 Å². The second-order valence-electron chi connectivity index (χ2n) is 8.30. The predicted octanol–water partition coefficient (Wildman–Crippen LogP) is 2.09. The maximum Gasteiger partial charge on any atom is 0.423 e. The summed E-state index contributed by atoms with van der Waals surface area (Å²) in [6, 6.07) is 2.60. The molecule has 0 aliphatic carbocycles. The van der Waals surface area contributed by atoms with Gasteiger partial charge in [0.1, 0.15) is 5.56 Å². The molecule has 0 unspecified atom stereocenters. The molecule has 1 fully saturated rings. The van der Waals surface area contributed by atoms with Crippen molar-refractivity contribution in [3.05, 3.63) is 39.4 Å². The van der Waals surface area contributed by atoms with E-state index in [0.29, 0.717) is 36.6 Å². The Bertz CT molecular complexity index is 1160. The molecule has 2 radical (unpaired) electrons. The highest BCUT2D eigenvalue weighted by atomic mass is 35.5. The van der Waals surface area contributed by atoms with Gasteiger partial charge in [0.2, 0.25) is 5.91 Å². The lowest BCUT2D eigenvalue weighted by Gasteiger charge is -2.40. The topological polar surface area (TPSA) is 113 Å². The lowest BCUT2D eigenvalue weighted by molar-refractivity contribution is -0.138. The Hall–Kier alpha value is -2.63. The van der Waals surface area contributed by atoms with Crippen LogP contribution in [0.2, 0.25) is 17.6 Å². The molecule has 0 spiro atoms. The molecular formula is C20H24ClF3N6O4Si2. The number of pyridine rings is 1. The number of hydrogen-bond donors (Lipinski definition) is 2. The molecule has 1 amide bonds. The van der Waals surface area contributed by atoms with E-state index in [1.165, 1.54) is 0 Å². The fraction of sp³-hybridized carbons (Fsp3) is 0.500. The molecule has 2 aromatic heterocycles. The van der Waals surface area contributed by atoms with Crippen molar-refractivity contribution in [3.63, 3.8) is 0 Å². The third-order valence-electron chi connectivity index (χ3n) is 5.67. The minimum atomic E-state index is -4.81. The minimum absolute atomic E-state index is 0.0300. The van der Waals surface area contributed by atoms with E-state index in [2.05, 4.69) is 19.6 Å². The summed E-state index contributed by atoms with van der Waals surface area (Å²) in [5.41, 5.74) is -3.00. The van der Waals surface area contributed by atoms with Crippen LogP contribution in [0.3, 0.4) is 0 Å². The first-order valence-electron chi connectivity index (χ1n) is 11.1. The van der Waals surface area contributed by atoms with Gasteiger partial charge in [0.05, 0.1) is 42.8 Å². The Morgan fingerprint density at radius 2 is 2.19 bits per heavy atom. The van der Waals surface area contributed by atoms with Crippen LogP contribution in [0.4, 0.5) is 24.7 Å². The van der Waals surface area contributed by atoms with E-state index >= 15 is 0 Å². The molecule has 2 aliphatic rings. The van der Waals surface area contributed by atoms with Crippen molar-refractivity contribution in [1.82, 2.24) is 20.1 Å². The second-order valence-corrected chi connectivity index (χ2v) is 13.3. The van der Waals surface area contributed by atoms with Crippen molar-refractivity contribution in [1.29, 1.82) is 0 Å². The molecular weight excluding hydrogens is 537 g/mol. The van der Waals surface area contributed by atoms with Crippen LogP contribution < -0.4 is 19.8 Å². The monoisotopic (exact) mass is 560 g/mol. The van der Waals surface area contributed by atoms with Crippen LogP contribution in [0, 0.1) is 0 Å². The van der Waals surface area contributed by atoms with E-state index in [9.17, 15) is 22.8 Å². The second kappa shape index (κ2) is 11.2. The summed E-state index contributed by atoms with van der Waals surface area (Å²) in [6.45, 7) is 3.61. The fourth-order valence-corrected chi connectivity index (χ4v) is 7.95. The van der Waals surface area contributed by atoms with E-state index in [4.69, 9.17) is 21.1 Å². The van der Waals surface area contributed by atoms with Crippen molar-refractivity contribution < 1.29 is 27.4 Å². The maximum atomic E-state index is 13.2. The van der Waals surface area contributed by atoms with Crippen LogP contribution in [0.15, 0.2) is 23.3 Å². The highest BCUT2D eigenvalue weighted by Gasteiger charge is 2.38. The molecule has 2 aliphatic heterocycles. The number of carbonyl (C=O) groups excluding carboxylic acids is 1. The molecule has 10 nitrogen and oxygen atoms in total. The summed E-state index contributed by atoms with van der Waals surface area (Å²) in [4.78, 5) is 33.3. The first-order chi connectivity index (χ1) is 17.1. The number of halogens is 4. The van der Waals surface area contributed by atoms with Crippen LogP contribution in [-0.2, 0) is 15.7 Å². The van der Waals surface area contributed by atoms with E-state index in [1.54, 1.807) is 23.9 Å². The molecule has 4 heterocycles. The standard InChI is InChI=1S/C20H24ClF3N6O4Si2/c1-35(28-14-10-26-27-19(32)17(14)20(22,23)24)12-33-5-2-16(31)29-3-4-30-18-15(8-13(21)9-25-18)34-6-7-36(30)11-29/h8-10H,2-7,11-12H2,1H3,(H2,27,28,32). The molecule has 16 heteroatoms. The van der Waals surface area contributed by atoms with Crippen LogP contribution in [0.1, 0.15) is 12.0 Å². The first-order valence-corrected chi connectivity index (χ1v) is 15.6. The van der Waals surface area contributed by atoms with Crippen molar-refractivity contribution in [2.75, 3.05) is 48.2 Å². The molecule has 0 saturated carbocycles. The Kier molecular flexibility index (Phi) is 8.21. The van der Waals surface area contributed by atoms with Gasteiger partial charge in [0.15, 0.2) is 29.5 Å². The summed E-state index contributed by atoms with van der Waals surface area (Å²) in [5.74, 6) is 1.41. The highest BCUT2D eigenvalue weighted by Crippen LogP contribution is 2.34. The first kappa shape index (κ1) is 26.4. The lowest BCUT2D eigenvalue weighted by atomic mass is 10.2. The Morgan fingerprint density at radius 1 is 1.39 bits per heavy atom. The number of hydrogen-bond acceptors (Lipinski definition) is 8. The van der Waals surface area contributed by atoms with E-state index in [1.807, 2.05) is 4.90 Å². The van der Waals surface area contributed by atoms with Crippen LogP contribution >= 0.6 is 11.6 Å². The van der Waals surface area contributed by atoms with Gasteiger partial charge in [0.25, 0.3) is 5.56 Å². The van der Waals surface area contributed by atoms with Crippen molar-refractivity contribution in [2.24, 2.45) is 0 Å². The average molecular weight is 561 g/mol. The van der Waals surface area contributed by atoms with Crippen LogP contribution in [0.25, 0.3) is 0 Å². The number of fused-ring (bicyclic) bond motifs is 3. The van der Waals surface area contributed by atoms with Gasteiger partial charge < -0.3 is 23.9 Å². The summed E-state index contributed by atoms with van der Waals surface area (Å²) in [6.07, 6.45) is -1.32. The number of H-pyrrole nitrogens is 1. The fourth-order valence-electron chi connectivity index (χ4n) is 4.03. The average Bonchev–Trinajstić information content (AvgIpc) is 2.99. The Morgan fingerprint density at radius 3 is 2.97 bits per heavy atom. The van der Waals surface area contributed by atoms with Gasteiger partial charge in [-0.15, -0.1) is 0 Å². The van der Waals surface area contributed by atoms with Crippen molar-refractivity contribution >= 4 is 46.9 Å². The number of carbonyl (C=O) groups is 1. The third-order valence-corrected chi connectivity index (χ3v) is 9.94. The third kappa shape index (κ3) is 6.19. The molecule has 0 aromatic carbocycles. The van der Waals surface area contributed by atoms with Crippen LogP contribution in [0.5, 0.6) is 5.75 Å². The quantitative estimate of drug-likeness (QED) is 0.391. The number of nitrogens with zero attached hydrogens (tertiary/aromatic N) is 4. The number of nitrogens with one attached hydrogen (secondary N) is 2.